The van der Waals surface area contributed by atoms with Crippen molar-refractivity contribution in [2.24, 2.45) is 0 Å². The van der Waals surface area contributed by atoms with Gasteiger partial charge in [-0.05, 0) is 49.2 Å². The van der Waals surface area contributed by atoms with Crippen LogP contribution in [0.25, 0.3) is 21.0 Å². The van der Waals surface area contributed by atoms with Crippen LogP contribution in [0.5, 0.6) is 0 Å². The maximum atomic E-state index is 12.5. The van der Waals surface area contributed by atoms with Crippen molar-refractivity contribution in [3.8, 4) is 0 Å². The van der Waals surface area contributed by atoms with Crippen LogP contribution in [0.2, 0.25) is 0 Å². The van der Waals surface area contributed by atoms with E-state index in [4.69, 9.17) is 4.98 Å². The predicted molar refractivity (Wildman–Crippen MR) is 108 cm³/mol. The molecule has 0 spiro atoms. The van der Waals surface area contributed by atoms with Gasteiger partial charge in [0.2, 0.25) is 0 Å². The van der Waals surface area contributed by atoms with Crippen LogP contribution in [0, 0.1) is 13.8 Å². The van der Waals surface area contributed by atoms with Crippen LogP contribution in [0.3, 0.4) is 0 Å². The maximum absolute atomic E-state index is 12.5. The molecule has 0 radical (unpaired) electrons. The molecule has 0 saturated carbocycles. The van der Waals surface area contributed by atoms with Gasteiger partial charge in [0.25, 0.3) is 5.56 Å². The molecule has 0 aliphatic heterocycles. The second-order valence-electron chi connectivity index (χ2n) is 6.18. The lowest BCUT2D eigenvalue weighted by molar-refractivity contribution is 0.925. The first-order chi connectivity index (χ1) is 12.0. The molecule has 3 nitrogen and oxygen atoms in total. The van der Waals surface area contributed by atoms with Crippen molar-refractivity contribution in [2.45, 2.75) is 30.9 Å². The van der Waals surface area contributed by atoms with E-state index in [0.29, 0.717) is 0 Å². The summed E-state index contributed by atoms with van der Waals surface area (Å²) in [5.41, 5.74) is 1.00. The van der Waals surface area contributed by atoms with E-state index < -0.39 is 0 Å². The Hall–Kier alpha value is -2.11. The molecule has 0 aliphatic carbocycles. The molecule has 2 aromatic carbocycles. The molecule has 1 N–H and O–H groups in total. The molecule has 25 heavy (non-hydrogen) atoms. The molecule has 0 amide bonds. The van der Waals surface area contributed by atoms with Crippen LogP contribution in [0.4, 0.5) is 0 Å². The van der Waals surface area contributed by atoms with Gasteiger partial charge < -0.3 is 4.98 Å². The fourth-order valence-corrected chi connectivity index (χ4v) is 4.97. The number of nitrogens with zero attached hydrogens (tertiary/aromatic N) is 1. The normalized spacial score (nSPS) is 12.8. The molecule has 1 atom stereocenters. The van der Waals surface area contributed by atoms with Crippen LogP contribution < -0.4 is 5.56 Å². The number of thioether (sulfide) groups is 1. The van der Waals surface area contributed by atoms with E-state index in [2.05, 4.69) is 48.3 Å². The topological polar surface area (TPSA) is 45.8 Å². The Balaban J connectivity index is 1.69. The van der Waals surface area contributed by atoms with Crippen molar-refractivity contribution in [1.82, 2.24) is 9.97 Å². The van der Waals surface area contributed by atoms with Gasteiger partial charge in [0.05, 0.1) is 10.6 Å². The van der Waals surface area contributed by atoms with Gasteiger partial charge in [-0.3, -0.25) is 4.79 Å². The van der Waals surface area contributed by atoms with Gasteiger partial charge in [0.1, 0.15) is 10.7 Å². The molecule has 4 aromatic rings. The minimum absolute atomic E-state index is 0.0344. The molecule has 4 rings (SSSR count). The van der Waals surface area contributed by atoms with Crippen molar-refractivity contribution in [3.63, 3.8) is 0 Å². The van der Waals surface area contributed by atoms with E-state index >= 15 is 0 Å². The number of benzene rings is 2. The summed E-state index contributed by atoms with van der Waals surface area (Å²) in [4.78, 5) is 23.3. The molecule has 0 aliphatic rings. The minimum atomic E-state index is -0.0344. The van der Waals surface area contributed by atoms with Gasteiger partial charge in [-0.25, -0.2) is 4.98 Å². The van der Waals surface area contributed by atoms with Crippen molar-refractivity contribution in [2.75, 3.05) is 0 Å². The molecule has 0 saturated heterocycles. The number of aromatic nitrogens is 2. The van der Waals surface area contributed by atoms with Crippen molar-refractivity contribution >= 4 is 44.1 Å². The van der Waals surface area contributed by atoms with Crippen molar-refractivity contribution in [3.05, 3.63) is 69.1 Å². The molecule has 126 valence electrons. The number of fused-ring (bicyclic) bond motifs is 2. The third-order valence-corrected chi connectivity index (χ3v) is 6.68. The van der Waals surface area contributed by atoms with E-state index in [0.717, 1.165) is 26.5 Å². The van der Waals surface area contributed by atoms with Gasteiger partial charge in [0.15, 0.2) is 0 Å². The molecule has 5 heteroatoms. The number of aromatic amines is 1. The van der Waals surface area contributed by atoms with E-state index in [1.165, 1.54) is 15.7 Å². The Bertz CT molecular complexity index is 1140. The quantitative estimate of drug-likeness (QED) is 0.480. The average Bonchev–Trinajstić information content (AvgIpc) is 2.89. The maximum Gasteiger partial charge on any atom is 0.259 e. The summed E-state index contributed by atoms with van der Waals surface area (Å²) in [6.07, 6.45) is 0. The molecular weight excluding hydrogens is 348 g/mol. The zero-order chi connectivity index (χ0) is 17.6. The summed E-state index contributed by atoms with van der Waals surface area (Å²) in [6.45, 7) is 6.10. The Morgan fingerprint density at radius 3 is 2.68 bits per heavy atom. The first kappa shape index (κ1) is 16.4. The standard InChI is InChI=1S/C20H18N2OS2/c1-11-12(2)25-20-17(11)19(23)21-18(22-20)13(3)24-16-9-8-14-6-4-5-7-15(14)10-16/h4-10,13H,1-3H3,(H,21,22,23)/t13-/m0/s1. The summed E-state index contributed by atoms with van der Waals surface area (Å²) in [7, 11) is 0. The van der Waals surface area contributed by atoms with E-state index in [1.807, 2.05) is 19.9 Å². The Labute approximate surface area is 154 Å². The van der Waals surface area contributed by atoms with Crippen LogP contribution in [0.15, 0.2) is 52.2 Å². The minimum Gasteiger partial charge on any atom is -0.309 e. The summed E-state index contributed by atoms with van der Waals surface area (Å²) in [6, 6.07) is 14.8. The third kappa shape index (κ3) is 2.98. The first-order valence-electron chi connectivity index (χ1n) is 8.18. The number of nitrogens with one attached hydrogen (secondary N) is 1. The first-order valence-corrected chi connectivity index (χ1v) is 9.88. The number of hydrogen-bond acceptors (Lipinski definition) is 4. The van der Waals surface area contributed by atoms with E-state index in [9.17, 15) is 4.79 Å². The number of thiophene rings is 1. The van der Waals surface area contributed by atoms with Crippen LogP contribution >= 0.6 is 23.1 Å². The lowest BCUT2D eigenvalue weighted by Crippen LogP contribution is -2.12. The average molecular weight is 367 g/mol. The fourth-order valence-electron chi connectivity index (χ4n) is 2.96. The van der Waals surface area contributed by atoms with Crippen molar-refractivity contribution < 1.29 is 0 Å². The molecule has 0 unspecified atom stereocenters. The smallest absolute Gasteiger partial charge is 0.259 e. The second kappa shape index (κ2) is 6.32. The Kier molecular flexibility index (Phi) is 4.13. The molecule has 0 bridgehead atoms. The highest BCUT2D eigenvalue weighted by molar-refractivity contribution is 7.99. The zero-order valence-corrected chi connectivity index (χ0v) is 15.9. The predicted octanol–water partition coefficient (Wildman–Crippen LogP) is 5.61. The van der Waals surface area contributed by atoms with Crippen LogP contribution in [0.1, 0.15) is 28.4 Å². The highest BCUT2D eigenvalue weighted by Crippen LogP contribution is 2.35. The van der Waals surface area contributed by atoms with E-state index in [-0.39, 0.29) is 10.8 Å². The summed E-state index contributed by atoms with van der Waals surface area (Å²) >= 11 is 3.30. The van der Waals surface area contributed by atoms with Gasteiger partial charge in [0, 0.05) is 9.77 Å². The fraction of sp³-hybridized carbons (Fsp3) is 0.200. The van der Waals surface area contributed by atoms with E-state index in [1.54, 1.807) is 23.1 Å². The van der Waals surface area contributed by atoms with Gasteiger partial charge >= 0.3 is 0 Å². The lowest BCUT2D eigenvalue weighted by Gasteiger charge is -2.11. The molecule has 0 fully saturated rings. The molecular formula is C20H18N2OS2. The molecule has 2 heterocycles. The number of aryl methyl sites for hydroxylation is 2. The van der Waals surface area contributed by atoms with Gasteiger partial charge in [-0.2, -0.15) is 0 Å². The number of H-pyrrole nitrogens is 1. The largest absolute Gasteiger partial charge is 0.309 e. The highest BCUT2D eigenvalue weighted by Gasteiger charge is 2.16. The van der Waals surface area contributed by atoms with Crippen LogP contribution in [-0.4, -0.2) is 9.97 Å². The third-order valence-electron chi connectivity index (χ3n) is 4.48. The molecule has 2 aromatic heterocycles. The highest BCUT2D eigenvalue weighted by atomic mass is 32.2. The number of rotatable bonds is 3. The Morgan fingerprint density at radius 1 is 1.12 bits per heavy atom. The monoisotopic (exact) mass is 366 g/mol. The second-order valence-corrected chi connectivity index (χ2v) is 8.80. The lowest BCUT2D eigenvalue weighted by atomic mass is 10.1. The van der Waals surface area contributed by atoms with Gasteiger partial charge in [-0.15, -0.1) is 23.1 Å². The summed E-state index contributed by atoms with van der Waals surface area (Å²) in [5, 5.41) is 3.26. The van der Waals surface area contributed by atoms with Crippen molar-refractivity contribution in [1.29, 1.82) is 0 Å². The van der Waals surface area contributed by atoms with Crippen LogP contribution in [-0.2, 0) is 0 Å². The Morgan fingerprint density at radius 2 is 1.88 bits per heavy atom. The zero-order valence-electron chi connectivity index (χ0n) is 14.3. The number of hydrogen-bond donors (Lipinski definition) is 1. The SMILES string of the molecule is Cc1sc2nc([C@H](C)Sc3ccc4ccccc4c3)[nH]c(=O)c2c1C. The summed E-state index contributed by atoms with van der Waals surface area (Å²) < 4.78 is 0. The summed E-state index contributed by atoms with van der Waals surface area (Å²) in [5.74, 6) is 0.733. The van der Waals surface area contributed by atoms with Gasteiger partial charge in [-0.1, -0.05) is 30.3 Å².